The molecular weight excluding hydrogens is 188 g/mol. The minimum Gasteiger partial charge on any atom is -0.478 e. The van der Waals surface area contributed by atoms with E-state index in [1.165, 1.54) is 6.42 Å². The van der Waals surface area contributed by atoms with Crippen LogP contribution in [0.3, 0.4) is 0 Å². The van der Waals surface area contributed by atoms with Crippen LogP contribution in [-0.2, 0) is 6.54 Å². The van der Waals surface area contributed by atoms with E-state index in [4.69, 9.17) is 10.5 Å². The fourth-order valence-corrected chi connectivity index (χ4v) is 1.32. The summed E-state index contributed by atoms with van der Waals surface area (Å²) >= 11 is 0. The van der Waals surface area contributed by atoms with Crippen molar-refractivity contribution < 1.29 is 4.74 Å². The number of nitrogens with two attached hydrogens (primary N) is 1. The molecule has 0 amide bonds. The Balaban J connectivity index is 2.30. The summed E-state index contributed by atoms with van der Waals surface area (Å²) in [6, 6.07) is 5.70. The van der Waals surface area contributed by atoms with E-state index in [0.29, 0.717) is 12.4 Å². The molecule has 0 spiro atoms. The molecule has 3 heteroatoms. The van der Waals surface area contributed by atoms with Crippen LogP contribution in [-0.4, -0.2) is 11.6 Å². The molecule has 0 aliphatic heterocycles. The van der Waals surface area contributed by atoms with E-state index in [-0.39, 0.29) is 0 Å². The molecule has 0 saturated heterocycles. The highest BCUT2D eigenvalue weighted by Gasteiger charge is 1.98. The van der Waals surface area contributed by atoms with Crippen molar-refractivity contribution in [2.24, 2.45) is 11.7 Å². The first-order chi connectivity index (χ1) is 7.22. The maximum atomic E-state index is 5.53. The van der Waals surface area contributed by atoms with Crippen LogP contribution in [0.2, 0.25) is 0 Å². The van der Waals surface area contributed by atoms with E-state index >= 15 is 0 Å². The Morgan fingerprint density at radius 1 is 1.40 bits per heavy atom. The number of ether oxygens (including phenoxy) is 1. The van der Waals surface area contributed by atoms with E-state index in [0.717, 1.165) is 24.6 Å². The van der Waals surface area contributed by atoms with Crippen molar-refractivity contribution in [1.82, 2.24) is 4.98 Å². The highest BCUT2D eigenvalue weighted by atomic mass is 16.5. The lowest BCUT2D eigenvalue weighted by atomic mass is 10.1. The number of hydrogen-bond donors (Lipinski definition) is 1. The normalized spacial score (nSPS) is 10.7. The number of rotatable bonds is 6. The molecule has 0 aromatic carbocycles. The second-order valence-electron chi connectivity index (χ2n) is 4.06. The van der Waals surface area contributed by atoms with Crippen molar-refractivity contribution in [3.8, 4) is 5.88 Å². The molecule has 0 aliphatic carbocycles. The summed E-state index contributed by atoms with van der Waals surface area (Å²) < 4.78 is 5.53. The number of pyridine rings is 1. The molecule has 1 heterocycles. The standard InChI is InChI=1S/C12H20N2O/c1-10(2)5-4-8-15-12-7-3-6-11(9-13)14-12/h3,6-7,10H,4-5,8-9,13H2,1-2H3. The van der Waals surface area contributed by atoms with Gasteiger partial charge in [-0.25, -0.2) is 4.98 Å². The SMILES string of the molecule is CC(C)CCCOc1cccc(CN)n1. The van der Waals surface area contributed by atoms with Crippen LogP contribution in [0.25, 0.3) is 0 Å². The van der Waals surface area contributed by atoms with Crippen molar-refractivity contribution >= 4 is 0 Å². The van der Waals surface area contributed by atoms with Gasteiger partial charge in [0.1, 0.15) is 0 Å². The molecule has 0 atom stereocenters. The Hall–Kier alpha value is -1.09. The Labute approximate surface area is 91.7 Å². The first kappa shape index (κ1) is 12.0. The van der Waals surface area contributed by atoms with Crippen LogP contribution in [0.5, 0.6) is 5.88 Å². The van der Waals surface area contributed by atoms with Gasteiger partial charge in [-0.05, 0) is 24.8 Å². The third-order valence-corrected chi connectivity index (χ3v) is 2.17. The van der Waals surface area contributed by atoms with Gasteiger partial charge in [-0.3, -0.25) is 0 Å². The van der Waals surface area contributed by atoms with E-state index in [9.17, 15) is 0 Å². The maximum absolute atomic E-state index is 5.53. The summed E-state index contributed by atoms with van der Waals surface area (Å²) in [6.45, 7) is 5.63. The molecule has 15 heavy (non-hydrogen) atoms. The van der Waals surface area contributed by atoms with Gasteiger partial charge in [0.15, 0.2) is 0 Å². The van der Waals surface area contributed by atoms with Gasteiger partial charge in [0.25, 0.3) is 0 Å². The monoisotopic (exact) mass is 208 g/mol. The predicted octanol–water partition coefficient (Wildman–Crippen LogP) is 2.36. The van der Waals surface area contributed by atoms with Crippen LogP contribution >= 0.6 is 0 Å². The topological polar surface area (TPSA) is 48.1 Å². The van der Waals surface area contributed by atoms with Crippen molar-refractivity contribution in [2.45, 2.75) is 33.2 Å². The van der Waals surface area contributed by atoms with Crippen LogP contribution in [0.4, 0.5) is 0 Å². The highest BCUT2D eigenvalue weighted by molar-refractivity contribution is 5.15. The lowest BCUT2D eigenvalue weighted by molar-refractivity contribution is 0.286. The van der Waals surface area contributed by atoms with Crippen LogP contribution in [0.1, 0.15) is 32.4 Å². The zero-order chi connectivity index (χ0) is 11.1. The van der Waals surface area contributed by atoms with Crippen molar-refractivity contribution in [2.75, 3.05) is 6.61 Å². The summed E-state index contributed by atoms with van der Waals surface area (Å²) in [5, 5.41) is 0. The lowest BCUT2D eigenvalue weighted by Crippen LogP contribution is -2.04. The minimum absolute atomic E-state index is 0.462. The molecule has 0 bridgehead atoms. The number of hydrogen-bond acceptors (Lipinski definition) is 3. The second kappa shape index (κ2) is 6.40. The van der Waals surface area contributed by atoms with Gasteiger partial charge in [0.2, 0.25) is 5.88 Å². The number of nitrogens with zero attached hydrogens (tertiary/aromatic N) is 1. The average Bonchev–Trinajstić information content (AvgIpc) is 2.24. The summed E-state index contributed by atoms with van der Waals surface area (Å²) in [5.41, 5.74) is 6.37. The summed E-state index contributed by atoms with van der Waals surface area (Å²) in [5.74, 6) is 1.42. The predicted molar refractivity (Wildman–Crippen MR) is 61.7 cm³/mol. The zero-order valence-corrected chi connectivity index (χ0v) is 9.57. The first-order valence-electron chi connectivity index (χ1n) is 5.51. The number of aromatic nitrogens is 1. The maximum Gasteiger partial charge on any atom is 0.213 e. The fraction of sp³-hybridized carbons (Fsp3) is 0.583. The molecule has 1 rings (SSSR count). The van der Waals surface area contributed by atoms with Gasteiger partial charge in [-0.1, -0.05) is 19.9 Å². The molecule has 84 valence electrons. The zero-order valence-electron chi connectivity index (χ0n) is 9.57. The minimum atomic E-state index is 0.462. The summed E-state index contributed by atoms with van der Waals surface area (Å²) in [6.07, 6.45) is 2.27. The fourth-order valence-electron chi connectivity index (χ4n) is 1.32. The second-order valence-corrected chi connectivity index (χ2v) is 4.06. The Kier molecular flexibility index (Phi) is 5.12. The Morgan fingerprint density at radius 2 is 2.20 bits per heavy atom. The summed E-state index contributed by atoms with van der Waals surface area (Å²) in [7, 11) is 0. The Morgan fingerprint density at radius 3 is 2.87 bits per heavy atom. The van der Waals surface area contributed by atoms with Gasteiger partial charge in [0, 0.05) is 12.6 Å². The third kappa shape index (κ3) is 4.79. The summed E-state index contributed by atoms with van der Waals surface area (Å²) in [4.78, 5) is 4.26. The third-order valence-electron chi connectivity index (χ3n) is 2.17. The largest absolute Gasteiger partial charge is 0.478 e. The van der Waals surface area contributed by atoms with E-state index in [2.05, 4.69) is 18.8 Å². The van der Waals surface area contributed by atoms with Crippen LogP contribution < -0.4 is 10.5 Å². The van der Waals surface area contributed by atoms with E-state index < -0.39 is 0 Å². The van der Waals surface area contributed by atoms with Crippen molar-refractivity contribution in [3.05, 3.63) is 23.9 Å². The molecule has 0 saturated carbocycles. The molecule has 0 aliphatic rings. The van der Waals surface area contributed by atoms with Crippen molar-refractivity contribution in [1.29, 1.82) is 0 Å². The molecule has 3 nitrogen and oxygen atoms in total. The molecular formula is C12H20N2O. The van der Waals surface area contributed by atoms with Gasteiger partial charge < -0.3 is 10.5 Å². The molecule has 1 aromatic rings. The molecule has 1 aromatic heterocycles. The average molecular weight is 208 g/mol. The van der Waals surface area contributed by atoms with Gasteiger partial charge in [-0.15, -0.1) is 0 Å². The van der Waals surface area contributed by atoms with Gasteiger partial charge >= 0.3 is 0 Å². The van der Waals surface area contributed by atoms with Gasteiger partial charge in [-0.2, -0.15) is 0 Å². The van der Waals surface area contributed by atoms with Crippen LogP contribution in [0.15, 0.2) is 18.2 Å². The molecule has 2 N–H and O–H groups in total. The molecule has 0 radical (unpaired) electrons. The van der Waals surface area contributed by atoms with E-state index in [1.807, 2.05) is 18.2 Å². The molecule has 0 fully saturated rings. The van der Waals surface area contributed by atoms with Crippen molar-refractivity contribution in [3.63, 3.8) is 0 Å². The quantitative estimate of drug-likeness (QED) is 0.730. The smallest absolute Gasteiger partial charge is 0.213 e. The highest BCUT2D eigenvalue weighted by Crippen LogP contribution is 2.09. The van der Waals surface area contributed by atoms with Crippen LogP contribution in [0, 0.1) is 5.92 Å². The van der Waals surface area contributed by atoms with Gasteiger partial charge in [0.05, 0.1) is 12.3 Å². The first-order valence-corrected chi connectivity index (χ1v) is 5.51. The lowest BCUT2D eigenvalue weighted by Gasteiger charge is -2.07. The molecule has 0 unspecified atom stereocenters. The van der Waals surface area contributed by atoms with E-state index in [1.54, 1.807) is 0 Å². The Bertz CT molecular complexity index is 287.